The summed E-state index contributed by atoms with van der Waals surface area (Å²) in [6.07, 6.45) is 0.683. The lowest BCUT2D eigenvalue weighted by Crippen LogP contribution is -2.20. The Kier molecular flexibility index (Phi) is 3.21. The van der Waals surface area contributed by atoms with Gasteiger partial charge in [0.15, 0.2) is 0 Å². The number of carbonyl (C=O) groups is 1. The Morgan fingerprint density at radius 2 is 1.75 bits per heavy atom. The molecule has 0 aliphatic heterocycles. The van der Waals surface area contributed by atoms with Gasteiger partial charge < -0.3 is 10.3 Å². The van der Waals surface area contributed by atoms with Crippen molar-refractivity contribution in [3.63, 3.8) is 0 Å². The third-order valence-electron chi connectivity index (χ3n) is 3.25. The van der Waals surface area contributed by atoms with E-state index in [-0.39, 0.29) is 12.5 Å². The molecule has 1 heterocycles. The quantitative estimate of drug-likeness (QED) is 0.785. The average Bonchev–Trinajstić information content (AvgIpc) is 2.78. The van der Waals surface area contributed by atoms with Gasteiger partial charge in [0.1, 0.15) is 12.4 Å². The fourth-order valence-corrected chi connectivity index (χ4v) is 2.37. The van der Waals surface area contributed by atoms with E-state index in [0.717, 1.165) is 22.4 Å². The average molecular weight is 265 g/mol. The van der Waals surface area contributed by atoms with Crippen molar-refractivity contribution in [2.24, 2.45) is 5.73 Å². The number of para-hydroxylation sites is 2. The van der Waals surface area contributed by atoms with Crippen molar-refractivity contribution in [2.45, 2.75) is 13.0 Å². The van der Waals surface area contributed by atoms with E-state index in [9.17, 15) is 4.79 Å². The van der Waals surface area contributed by atoms with Crippen LogP contribution in [-0.4, -0.2) is 15.5 Å². The Bertz CT molecular complexity index is 747. The first-order valence-electron chi connectivity index (χ1n) is 6.50. The normalized spacial score (nSPS) is 10.8. The number of nitrogens with zero attached hydrogens (tertiary/aromatic N) is 2. The number of hydrogen-bond donors (Lipinski definition) is 1. The van der Waals surface area contributed by atoms with Crippen molar-refractivity contribution in [1.29, 1.82) is 0 Å². The number of benzene rings is 2. The predicted molar refractivity (Wildman–Crippen MR) is 78.2 cm³/mol. The summed E-state index contributed by atoms with van der Waals surface area (Å²) in [5, 5.41) is 0. The van der Waals surface area contributed by atoms with E-state index in [4.69, 9.17) is 5.73 Å². The minimum Gasteiger partial charge on any atom is -0.368 e. The number of imidazole rings is 1. The highest BCUT2D eigenvalue weighted by Crippen LogP contribution is 2.18. The molecule has 0 fully saturated rings. The molecule has 0 aliphatic rings. The van der Waals surface area contributed by atoms with Crippen molar-refractivity contribution >= 4 is 16.9 Å². The van der Waals surface area contributed by atoms with Crippen molar-refractivity contribution in [3.05, 3.63) is 66.0 Å². The molecule has 20 heavy (non-hydrogen) atoms. The maximum absolute atomic E-state index is 11.3. The van der Waals surface area contributed by atoms with E-state index in [0.29, 0.717) is 6.42 Å². The zero-order valence-corrected chi connectivity index (χ0v) is 11.0. The minimum absolute atomic E-state index is 0.155. The Labute approximate surface area is 116 Å². The molecule has 1 amide bonds. The van der Waals surface area contributed by atoms with E-state index in [1.807, 2.05) is 59.2 Å². The molecule has 4 nitrogen and oxygen atoms in total. The van der Waals surface area contributed by atoms with Gasteiger partial charge in [0, 0.05) is 6.42 Å². The maximum Gasteiger partial charge on any atom is 0.237 e. The van der Waals surface area contributed by atoms with Crippen LogP contribution >= 0.6 is 0 Å². The fraction of sp³-hybridized carbons (Fsp3) is 0.125. The number of primary amides is 1. The second-order valence-electron chi connectivity index (χ2n) is 4.73. The van der Waals surface area contributed by atoms with Crippen molar-refractivity contribution in [2.75, 3.05) is 0 Å². The fourth-order valence-electron chi connectivity index (χ4n) is 2.37. The summed E-state index contributed by atoms with van der Waals surface area (Å²) in [5.41, 5.74) is 8.34. The van der Waals surface area contributed by atoms with Crippen LogP contribution in [0.25, 0.3) is 11.0 Å². The summed E-state index contributed by atoms with van der Waals surface area (Å²) in [6, 6.07) is 17.9. The molecule has 3 aromatic rings. The van der Waals surface area contributed by atoms with Gasteiger partial charge in [0.25, 0.3) is 0 Å². The molecule has 2 aromatic carbocycles. The summed E-state index contributed by atoms with van der Waals surface area (Å²) in [6.45, 7) is 0.155. The first-order chi connectivity index (χ1) is 9.74. The number of nitrogens with two attached hydrogens (primary N) is 1. The minimum atomic E-state index is -0.359. The van der Waals surface area contributed by atoms with E-state index in [2.05, 4.69) is 4.98 Å². The van der Waals surface area contributed by atoms with Crippen molar-refractivity contribution < 1.29 is 4.79 Å². The van der Waals surface area contributed by atoms with Gasteiger partial charge in [-0.25, -0.2) is 4.98 Å². The van der Waals surface area contributed by atoms with Gasteiger partial charge in [-0.2, -0.15) is 0 Å². The Balaban J connectivity index is 2.07. The highest BCUT2D eigenvalue weighted by atomic mass is 16.1. The van der Waals surface area contributed by atoms with Crippen LogP contribution in [0.3, 0.4) is 0 Å². The first-order valence-corrected chi connectivity index (χ1v) is 6.50. The van der Waals surface area contributed by atoms with E-state index < -0.39 is 0 Å². The summed E-state index contributed by atoms with van der Waals surface area (Å²) in [4.78, 5) is 15.9. The molecular formula is C16H15N3O. The van der Waals surface area contributed by atoms with Crippen LogP contribution in [-0.2, 0) is 17.8 Å². The summed E-state index contributed by atoms with van der Waals surface area (Å²) in [5.74, 6) is 0.499. The smallest absolute Gasteiger partial charge is 0.237 e. The SMILES string of the molecule is NC(=O)Cn1c(Cc2ccccc2)nc2ccccc21. The van der Waals surface area contributed by atoms with Crippen LogP contribution in [0.2, 0.25) is 0 Å². The third-order valence-corrected chi connectivity index (χ3v) is 3.25. The van der Waals surface area contributed by atoms with Crippen LogP contribution in [0.4, 0.5) is 0 Å². The lowest BCUT2D eigenvalue weighted by molar-refractivity contribution is -0.118. The molecule has 0 radical (unpaired) electrons. The summed E-state index contributed by atoms with van der Waals surface area (Å²) >= 11 is 0. The molecule has 4 heteroatoms. The number of hydrogen-bond acceptors (Lipinski definition) is 2. The number of amides is 1. The number of rotatable bonds is 4. The van der Waals surface area contributed by atoms with Crippen LogP contribution in [0.1, 0.15) is 11.4 Å². The highest BCUT2D eigenvalue weighted by Gasteiger charge is 2.12. The van der Waals surface area contributed by atoms with Gasteiger partial charge in [-0.05, 0) is 17.7 Å². The summed E-state index contributed by atoms with van der Waals surface area (Å²) in [7, 11) is 0. The Hall–Kier alpha value is -2.62. The number of fused-ring (bicyclic) bond motifs is 1. The highest BCUT2D eigenvalue weighted by molar-refractivity contribution is 5.80. The molecule has 0 atom stereocenters. The standard InChI is InChI=1S/C16H15N3O/c17-15(20)11-19-14-9-5-4-8-13(14)18-16(19)10-12-6-2-1-3-7-12/h1-9H,10-11H2,(H2,17,20). The molecule has 0 spiro atoms. The molecule has 100 valence electrons. The van der Waals surface area contributed by atoms with Crippen LogP contribution in [0.5, 0.6) is 0 Å². The molecule has 0 saturated heterocycles. The van der Waals surface area contributed by atoms with E-state index >= 15 is 0 Å². The van der Waals surface area contributed by atoms with E-state index in [1.165, 1.54) is 0 Å². The van der Waals surface area contributed by atoms with E-state index in [1.54, 1.807) is 0 Å². The number of aromatic nitrogens is 2. The molecule has 0 unspecified atom stereocenters. The molecule has 0 aliphatic carbocycles. The topological polar surface area (TPSA) is 60.9 Å². The number of carbonyl (C=O) groups excluding carboxylic acids is 1. The molecule has 3 rings (SSSR count). The molecule has 0 saturated carbocycles. The van der Waals surface area contributed by atoms with Crippen LogP contribution in [0.15, 0.2) is 54.6 Å². The van der Waals surface area contributed by atoms with Gasteiger partial charge in [0.2, 0.25) is 5.91 Å². The lowest BCUT2D eigenvalue weighted by Gasteiger charge is -2.07. The van der Waals surface area contributed by atoms with Crippen molar-refractivity contribution in [1.82, 2.24) is 9.55 Å². The maximum atomic E-state index is 11.3. The van der Waals surface area contributed by atoms with Crippen molar-refractivity contribution in [3.8, 4) is 0 Å². The monoisotopic (exact) mass is 265 g/mol. The van der Waals surface area contributed by atoms with Gasteiger partial charge in [-0.3, -0.25) is 4.79 Å². The molecule has 0 bridgehead atoms. The third kappa shape index (κ3) is 2.40. The Morgan fingerprint density at radius 3 is 2.50 bits per heavy atom. The molecular weight excluding hydrogens is 250 g/mol. The lowest BCUT2D eigenvalue weighted by atomic mass is 10.1. The molecule has 1 aromatic heterocycles. The van der Waals surface area contributed by atoms with Gasteiger partial charge in [-0.15, -0.1) is 0 Å². The Morgan fingerprint density at radius 1 is 1.05 bits per heavy atom. The predicted octanol–water partition coefficient (Wildman–Crippen LogP) is 2.11. The van der Waals surface area contributed by atoms with Crippen LogP contribution < -0.4 is 5.73 Å². The molecule has 2 N–H and O–H groups in total. The van der Waals surface area contributed by atoms with Gasteiger partial charge >= 0.3 is 0 Å². The first kappa shape index (κ1) is 12.4. The second-order valence-corrected chi connectivity index (χ2v) is 4.73. The van der Waals surface area contributed by atoms with Gasteiger partial charge in [0.05, 0.1) is 11.0 Å². The zero-order chi connectivity index (χ0) is 13.9. The van der Waals surface area contributed by atoms with Gasteiger partial charge in [-0.1, -0.05) is 42.5 Å². The largest absolute Gasteiger partial charge is 0.368 e. The second kappa shape index (κ2) is 5.17. The van der Waals surface area contributed by atoms with Crippen LogP contribution in [0, 0.1) is 0 Å². The summed E-state index contributed by atoms with van der Waals surface area (Å²) < 4.78 is 1.89. The zero-order valence-electron chi connectivity index (χ0n) is 11.0.